The Morgan fingerprint density at radius 1 is 0.909 bits per heavy atom. The fourth-order valence-corrected chi connectivity index (χ4v) is 0.579. The van der Waals surface area contributed by atoms with Crippen LogP contribution < -0.4 is 16.8 Å². The van der Waals surface area contributed by atoms with Crippen LogP contribution in [-0.4, -0.2) is 26.2 Å². The number of hydrogen-bond acceptors (Lipinski definition) is 3. The molecule has 0 saturated heterocycles. The summed E-state index contributed by atoms with van der Waals surface area (Å²) in [6.07, 6.45) is 2.12. The van der Waals surface area contributed by atoms with E-state index in [9.17, 15) is 0 Å². The van der Waals surface area contributed by atoms with Crippen LogP contribution in [0.1, 0.15) is 26.7 Å². The van der Waals surface area contributed by atoms with Gasteiger partial charge in [0.2, 0.25) is 0 Å². The Morgan fingerprint density at radius 3 is 1.55 bits per heavy atom. The zero-order chi connectivity index (χ0) is 8.95. The molecule has 0 bridgehead atoms. The van der Waals surface area contributed by atoms with Crippen molar-refractivity contribution in [3.63, 3.8) is 0 Å². The number of nitrogens with one attached hydrogen (secondary N) is 1. The molecule has 0 aliphatic carbocycles. The van der Waals surface area contributed by atoms with Crippen LogP contribution in [0.3, 0.4) is 0 Å². The van der Waals surface area contributed by atoms with Crippen LogP contribution >= 0.6 is 0 Å². The van der Waals surface area contributed by atoms with Gasteiger partial charge in [-0.05, 0) is 39.0 Å². The topological polar surface area (TPSA) is 64.1 Å². The highest BCUT2D eigenvalue weighted by Crippen LogP contribution is 1.72. The van der Waals surface area contributed by atoms with Crippen molar-refractivity contribution in [1.82, 2.24) is 5.32 Å². The Hall–Kier alpha value is -0.120. The Bertz CT molecular complexity index is 42.6. The molecule has 0 fully saturated rings. The summed E-state index contributed by atoms with van der Waals surface area (Å²) in [5.41, 5.74) is 10.6. The molecule has 0 unspecified atom stereocenters. The fraction of sp³-hybridized carbons (Fsp3) is 1.00. The van der Waals surface area contributed by atoms with Gasteiger partial charge in [-0.1, -0.05) is 13.8 Å². The standard InChI is InChI=1S/C6H17N3.C2H6/c7-3-1-5-9-6-2-4-8;1-2/h9H,1-8H2;1-2H3. The Balaban J connectivity index is 0. The Morgan fingerprint density at radius 2 is 1.27 bits per heavy atom. The molecule has 0 aromatic rings. The van der Waals surface area contributed by atoms with E-state index in [1.54, 1.807) is 0 Å². The lowest BCUT2D eigenvalue weighted by Crippen LogP contribution is -2.21. The van der Waals surface area contributed by atoms with Crippen LogP contribution in [0.25, 0.3) is 0 Å². The van der Waals surface area contributed by atoms with Crippen molar-refractivity contribution in [3.05, 3.63) is 0 Å². The van der Waals surface area contributed by atoms with Crippen LogP contribution in [0.15, 0.2) is 0 Å². The molecule has 0 heterocycles. The third-order valence-electron chi connectivity index (χ3n) is 1.12. The smallest absolute Gasteiger partial charge is 0.00369 e. The van der Waals surface area contributed by atoms with Gasteiger partial charge < -0.3 is 16.8 Å². The third-order valence-corrected chi connectivity index (χ3v) is 1.12. The van der Waals surface area contributed by atoms with Crippen LogP contribution in [0.5, 0.6) is 0 Å². The molecular weight excluding hydrogens is 138 g/mol. The van der Waals surface area contributed by atoms with Gasteiger partial charge in [0, 0.05) is 0 Å². The Kier molecular flexibility index (Phi) is 20.2. The van der Waals surface area contributed by atoms with Crippen LogP contribution in [0.4, 0.5) is 0 Å². The lowest BCUT2D eigenvalue weighted by Gasteiger charge is -2.00. The second-order valence-electron chi connectivity index (χ2n) is 2.03. The molecule has 3 nitrogen and oxygen atoms in total. The molecule has 70 valence electrons. The predicted octanol–water partition coefficient (Wildman–Crippen LogP) is 0.300. The van der Waals surface area contributed by atoms with Gasteiger partial charge in [0.05, 0.1) is 0 Å². The number of hydrogen-bond donors (Lipinski definition) is 3. The zero-order valence-corrected chi connectivity index (χ0v) is 7.90. The quantitative estimate of drug-likeness (QED) is 0.491. The summed E-state index contributed by atoms with van der Waals surface area (Å²) in [5, 5.41) is 3.23. The first-order chi connectivity index (χ1) is 5.41. The Labute approximate surface area is 70.5 Å². The van der Waals surface area contributed by atoms with Crippen LogP contribution in [0.2, 0.25) is 0 Å². The monoisotopic (exact) mass is 161 g/mol. The highest BCUT2D eigenvalue weighted by Gasteiger charge is 1.83. The molecule has 0 aromatic heterocycles. The van der Waals surface area contributed by atoms with Gasteiger partial charge in [-0.15, -0.1) is 0 Å². The molecule has 0 aromatic carbocycles. The van der Waals surface area contributed by atoms with E-state index in [-0.39, 0.29) is 0 Å². The number of rotatable bonds is 6. The maximum absolute atomic E-state index is 5.28. The first-order valence-corrected chi connectivity index (χ1v) is 4.52. The average molecular weight is 161 g/mol. The first kappa shape index (κ1) is 13.5. The van der Waals surface area contributed by atoms with E-state index in [0.717, 1.165) is 39.0 Å². The second-order valence-corrected chi connectivity index (χ2v) is 2.03. The molecule has 5 N–H and O–H groups in total. The molecule has 0 aliphatic rings. The van der Waals surface area contributed by atoms with Crippen molar-refractivity contribution in [1.29, 1.82) is 0 Å². The fourth-order valence-electron chi connectivity index (χ4n) is 0.579. The molecule has 0 saturated carbocycles. The van der Waals surface area contributed by atoms with Gasteiger partial charge in [0.25, 0.3) is 0 Å². The molecule has 0 amide bonds. The molecule has 0 rings (SSSR count). The highest BCUT2D eigenvalue weighted by atomic mass is 14.8. The van der Waals surface area contributed by atoms with Gasteiger partial charge in [0.1, 0.15) is 0 Å². The summed E-state index contributed by atoms with van der Waals surface area (Å²) in [6, 6.07) is 0. The first-order valence-electron chi connectivity index (χ1n) is 4.52. The van der Waals surface area contributed by atoms with E-state index in [1.165, 1.54) is 0 Å². The van der Waals surface area contributed by atoms with Crippen molar-refractivity contribution >= 4 is 0 Å². The lowest BCUT2D eigenvalue weighted by molar-refractivity contribution is 0.631. The SMILES string of the molecule is CC.NCCCNCCCN. The minimum atomic E-state index is 0.773. The molecule has 11 heavy (non-hydrogen) atoms. The minimum absolute atomic E-state index is 0.773. The van der Waals surface area contributed by atoms with Crippen molar-refractivity contribution in [2.24, 2.45) is 11.5 Å². The van der Waals surface area contributed by atoms with Crippen molar-refractivity contribution < 1.29 is 0 Å². The molecule has 0 radical (unpaired) electrons. The van der Waals surface area contributed by atoms with Crippen molar-refractivity contribution in [2.45, 2.75) is 26.7 Å². The van der Waals surface area contributed by atoms with E-state index in [4.69, 9.17) is 11.5 Å². The van der Waals surface area contributed by atoms with Gasteiger partial charge in [0.15, 0.2) is 0 Å². The van der Waals surface area contributed by atoms with E-state index >= 15 is 0 Å². The summed E-state index contributed by atoms with van der Waals surface area (Å²) in [7, 11) is 0. The summed E-state index contributed by atoms with van der Waals surface area (Å²) in [4.78, 5) is 0. The van der Waals surface area contributed by atoms with Gasteiger partial charge in [-0.3, -0.25) is 0 Å². The maximum atomic E-state index is 5.28. The summed E-state index contributed by atoms with van der Waals surface area (Å²) in [6.45, 7) is 7.60. The molecule has 0 spiro atoms. The summed E-state index contributed by atoms with van der Waals surface area (Å²) >= 11 is 0. The maximum Gasteiger partial charge on any atom is -0.00369 e. The van der Waals surface area contributed by atoms with Gasteiger partial charge >= 0.3 is 0 Å². The molecule has 3 heteroatoms. The summed E-state index contributed by atoms with van der Waals surface area (Å²) in [5.74, 6) is 0. The van der Waals surface area contributed by atoms with Crippen LogP contribution in [-0.2, 0) is 0 Å². The summed E-state index contributed by atoms with van der Waals surface area (Å²) < 4.78 is 0. The van der Waals surface area contributed by atoms with Gasteiger partial charge in [-0.2, -0.15) is 0 Å². The van der Waals surface area contributed by atoms with Crippen molar-refractivity contribution in [2.75, 3.05) is 26.2 Å². The average Bonchev–Trinajstić information content (AvgIpc) is 2.08. The molecule has 0 atom stereocenters. The molecular formula is C8H23N3. The lowest BCUT2D eigenvalue weighted by atomic mass is 10.4. The number of nitrogens with two attached hydrogens (primary N) is 2. The van der Waals surface area contributed by atoms with Gasteiger partial charge in [-0.25, -0.2) is 0 Å². The van der Waals surface area contributed by atoms with E-state index in [0.29, 0.717) is 0 Å². The highest BCUT2D eigenvalue weighted by molar-refractivity contribution is 4.48. The third kappa shape index (κ3) is 17.7. The minimum Gasteiger partial charge on any atom is -0.330 e. The van der Waals surface area contributed by atoms with E-state index in [1.807, 2.05) is 13.8 Å². The van der Waals surface area contributed by atoms with Crippen LogP contribution in [0, 0.1) is 0 Å². The predicted molar refractivity (Wildman–Crippen MR) is 51.6 cm³/mol. The zero-order valence-electron chi connectivity index (χ0n) is 7.90. The second kappa shape index (κ2) is 16.5. The van der Waals surface area contributed by atoms with E-state index in [2.05, 4.69) is 5.32 Å². The van der Waals surface area contributed by atoms with Crippen molar-refractivity contribution in [3.8, 4) is 0 Å². The molecule has 0 aliphatic heterocycles. The van der Waals surface area contributed by atoms with E-state index < -0.39 is 0 Å². The largest absolute Gasteiger partial charge is 0.330 e. The normalized spacial score (nSPS) is 8.73.